The summed E-state index contributed by atoms with van der Waals surface area (Å²) >= 11 is 0. The van der Waals surface area contributed by atoms with Crippen LogP contribution in [-0.2, 0) is 24.2 Å². The fourth-order valence-corrected chi connectivity index (χ4v) is 4.80. The number of rotatable bonds is 7. The monoisotopic (exact) mass is 435 g/mol. The molecule has 0 bridgehead atoms. The summed E-state index contributed by atoms with van der Waals surface area (Å²) < 4.78 is 0. The van der Waals surface area contributed by atoms with Crippen LogP contribution in [0.5, 0.6) is 0 Å². The highest BCUT2D eigenvalue weighted by Gasteiger charge is 2.26. The lowest BCUT2D eigenvalue weighted by Crippen LogP contribution is -2.34. The molecular formula is C26H37N5O. The number of hydrogen-bond donors (Lipinski definition) is 1. The molecule has 6 nitrogen and oxygen atoms in total. The van der Waals surface area contributed by atoms with Gasteiger partial charge in [0.15, 0.2) is 0 Å². The SMILES string of the molecule is CCN(CC)c1ncc2c(n1)CC[C@@H](C(=O)NCc1ccc(N3CCC(C)CC3)cc1)C2. The summed E-state index contributed by atoms with van der Waals surface area (Å²) in [6.45, 7) is 11.2. The lowest BCUT2D eigenvalue weighted by molar-refractivity contribution is -0.125. The largest absolute Gasteiger partial charge is 0.372 e. The summed E-state index contributed by atoms with van der Waals surface area (Å²) in [7, 11) is 0. The summed E-state index contributed by atoms with van der Waals surface area (Å²) in [6, 6.07) is 8.68. The number of aromatic nitrogens is 2. The summed E-state index contributed by atoms with van der Waals surface area (Å²) in [6.07, 6.45) is 6.88. The van der Waals surface area contributed by atoms with E-state index in [2.05, 4.69) is 65.1 Å². The van der Waals surface area contributed by atoms with Gasteiger partial charge in [0.1, 0.15) is 0 Å². The maximum Gasteiger partial charge on any atom is 0.225 e. The number of benzene rings is 1. The third-order valence-electron chi connectivity index (χ3n) is 7.11. The van der Waals surface area contributed by atoms with Gasteiger partial charge in [0.2, 0.25) is 11.9 Å². The van der Waals surface area contributed by atoms with Gasteiger partial charge in [-0.15, -0.1) is 0 Å². The first-order valence-electron chi connectivity index (χ1n) is 12.3. The minimum atomic E-state index is 0.0000149. The van der Waals surface area contributed by atoms with Crippen LogP contribution in [-0.4, -0.2) is 42.1 Å². The molecule has 32 heavy (non-hydrogen) atoms. The predicted octanol–water partition coefficient (Wildman–Crippen LogP) is 3.98. The Balaban J connectivity index is 1.29. The molecule has 172 valence electrons. The average molecular weight is 436 g/mol. The van der Waals surface area contributed by atoms with Gasteiger partial charge in [-0.1, -0.05) is 19.1 Å². The van der Waals surface area contributed by atoms with Gasteiger partial charge < -0.3 is 15.1 Å². The maximum absolute atomic E-state index is 12.8. The molecule has 0 unspecified atom stereocenters. The first-order chi connectivity index (χ1) is 15.6. The molecule has 1 aliphatic heterocycles. The van der Waals surface area contributed by atoms with E-state index in [-0.39, 0.29) is 11.8 Å². The molecule has 4 rings (SSSR count). The number of fused-ring (bicyclic) bond motifs is 1. The van der Waals surface area contributed by atoms with Crippen molar-refractivity contribution in [2.45, 2.75) is 59.4 Å². The van der Waals surface area contributed by atoms with E-state index in [1.165, 1.54) is 18.5 Å². The van der Waals surface area contributed by atoms with Crippen molar-refractivity contribution >= 4 is 17.5 Å². The zero-order valence-corrected chi connectivity index (χ0v) is 19.8. The molecule has 2 aliphatic rings. The quantitative estimate of drug-likeness (QED) is 0.713. The number of piperidine rings is 1. The molecule has 6 heteroatoms. The normalized spacial score (nSPS) is 18.8. The Labute approximate surface area is 192 Å². The molecule has 1 fully saturated rings. The van der Waals surface area contributed by atoms with Crippen molar-refractivity contribution in [3.8, 4) is 0 Å². The fraction of sp³-hybridized carbons (Fsp3) is 0.577. The molecule has 1 N–H and O–H groups in total. The molecule has 1 aromatic heterocycles. The van der Waals surface area contributed by atoms with E-state index in [0.717, 1.165) is 74.1 Å². The van der Waals surface area contributed by atoms with Crippen molar-refractivity contribution in [1.29, 1.82) is 0 Å². The number of carbonyl (C=O) groups excluding carboxylic acids is 1. The van der Waals surface area contributed by atoms with Crippen LogP contribution < -0.4 is 15.1 Å². The molecule has 0 radical (unpaired) electrons. The minimum absolute atomic E-state index is 0.0000149. The molecule has 1 saturated heterocycles. The summed E-state index contributed by atoms with van der Waals surface area (Å²) in [5.41, 5.74) is 4.66. The Bertz CT molecular complexity index is 901. The number of hydrogen-bond acceptors (Lipinski definition) is 5. The van der Waals surface area contributed by atoms with Crippen molar-refractivity contribution in [1.82, 2.24) is 15.3 Å². The Hall–Kier alpha value is -2.63. The highest BCUT2D eigenvalue weighted by Crippen LogP contribution is 2.26. The van der Waals surface area contributed by atoms with Crippen molar-refractivity contribution in [3.63, 3.8) is 0 Å². The molecule has 0 saturated carbocycles. The number of carbonyl (C=O) groups is 1. The van der Waals surface area contributed by atoms with Crippen LogP contribution in [0.1, 0.15) is 56.9 Å². The Morgan fingerprint density at radius 1 is 1.12 bits per heavy atom. The van der Waals surface area contributed by atoms with Gasteiger partial charge in [-0.25, -0.2) is 9.97 Å². The lowest BCUT2D eigenvalue weighted by atomic mass is 9.86. The van der Waals surface area contributed by atoms with Gasteiger partial charge in [-0.3, -0.25) is 4.79 Å². The van der Waals surface area contributed by atoms with E-state index in [9.17, 15) is 4.79 Å². The van der Waals surface area contributed by atoms with E-state index in [1.54, 1.807) is 0 Å². The van der Waals surface area contributed by atoms with Crippen molar-refractivity contribution in [2.75, 3.05) is 36.0 Å². The predicted molar refractivity (Wildman–Crippen MR) is 130 cm³/mol. The second kappa shape index (κ2) is 10.3. The lowest BCUT2D eigenvalue weighted by Gasteiger charge is -2.32. The van der Waals surface area contributed by atoms with E-state index in [0.29, 0.717) is 6.54 Å². The van der Waals surface area contributed by atoms with Crippen molar-refractivity contribution < 1.29 is 4.79 Å². The van der Waals surface area contributed by atoms with E-state index < -0.39 is 0 Å². The Morgan fingerprint density at radius 2 is 1.84 bits per heavy atom. The van der Waals surface area contributed by atoms with Gasteiger partial charge in [0.25, 0.3) is 0 Å². The van der Waals surface area contributed by atoms with Crippen LogP contribution in [0.25, 0.3) is 0 Å². The second-order valence-electron chi connectivity index (χ2n) is 9.31. The van der Waals surface area contributed by atoms with Crippen LogP contribution in [0, 0.1) is 11.8 Å². The molecule has 2 heterocycles. The van der Waals surface area contributed by atoms with Crippen molar-refractivity contribution in [3.05, 3.63) is 47.3 Å². The first kappa shape index (κ1) is 22.6. The van der Waals surface area contributed by atoms with E-state index in [4.69, 9.17) is 4.98 Å². The van der Waals surface area contributed by atoms with Gasteiger partial charge in [0, 0.05) is 56.2 Å². The Morgan fingerprint density at radius 3 is 2.53 bits per heavy atom. The summed E-state index contributed by atoms with van der Waals surface area (Å²) in [4.78, 5) is 26.8. The highest BCUT2D eigenvalue weighted by atomic mass is 16.1. The van der Waals surface area contributed by atoms with Gasteiger partial charge in [-0.05, 0) is 75.1 Å². The number of anilines is 2. The molecule has 1 atom stereocenters. The summed E-state index contributed by atoms with van der Waals surface area (Å²) in [5.74, 6) is 1.78. The minimum Gasteiger partial charge on any atom is -0.372 e. The first-order valence-corrected chi connectivity index (χ1v) is 12.3. The topological polar surface area (TPSA) is 61.4 Å². The maximum atomic E-state index is 12.8. The van der Waals surface area contributed by atoms with Crippen LogP contribution in [0.2, 0.25) is 0 Å². The third kappa shape index (κ3) is 5.22. The summed E-state index contributed by atoms with van der Waals surface area (Å²) in [5, 5.41) is 3.15. The number of nitrogens with zero attached hydrogens (tertiary/aromatic N) is 4. The van der Waals surface area contributed by atoms with Crippen LogP contribution in [0.4, 0.5) is 11.6 Å². The van der Waals surface area contributed by atoms with Gasteiger partial charge in [-0.2, -0.15) is 0 Å². The third-order valence-corrected chi connectivity index (χ3v) is 7.11. The molecule has 2 aromatic rings. The standard InChI is InChI=1S/C26H37N5O/c1-4-30(5-2)26-28-18-22-16-21(8-11-24(22)29-26)25(32)27-17-20-6-9-23(10-7-20)31-14-12-19(3)13-15-31/h6-7,9-10,18-19,21H,4-5,8,11-17H2,1-3H3,(H,27,32)/t21-/m1/s1. The molecule has 0 spiro atoms. The number of aryl methyl sites for hydroxylation is 1. The van der Waals surface area contributed by atoms with Crippen LogP contribution in [0.3, 0.4) is 0 Å². The fourth-order valence-electron chi connectivity index (χ4n) is 4.80. The van der Waals surface area contributed by atoms with Gasteiger partial charge in [0.05, 0.1) is 0 Å². The zero-order chi connectivity index (χ0) is 22.5. The average Bonchev–Trinajstić information content (AvgIpc) is 2.84. The zero-order valence-electron chi connectivity index (χ0n) is 19.8. The van der Waals surface area contributed by atoms with Crippen molar-refractivity contribution in [2.24, 2.45) is 11.8 Å². The number of nitrogens with one attached hydrogen (secondary N) is 1. The molecule has 1 amide bonds. The van der Waals surface area contributed by atoms with Crippen LogP contribution >= 0.6 is 0 Å². The Kier molecular flexibility index (Phi) is 7.28. The van der Waals surface area contributed by atoms with Gasteiger partial charge >= 0.3 is 0 Å². The van der Waals surface area contributed by atoms with E-state index >= 15 is 0 Å². The number of amides is 1. The molecule has 1 aromatic carbocycles. The van der Waals surface area contributed by atoms with Crippen LogP contribution in [0.15, 0.2) is 30.5 Å². The molecular weight excluding hydrogens is 398 g/mol. The second-order valence-corrected chi connectivity index (χ2v) is 9.31. The molecule has 1 aliphatic carbocycles. The smallest absolute Gasteiger partial charge is 0.225 e. The highest BCUT2D eigenvalue weighted by molar-refractivity contribution is 5.79. The van der Waals surface area contributed by atoms with E-state index in [1.807, 2.05) is 6.20 Å².